The summed E-state index contributed by atoms with van der Waals surface area (Å²) in [7, 11) is 0. The van der Waals surface area contributed by atoms with E-state index in [2.05, 4.69) is 20.8 Å². The Morgan fingerprint density at radius 2 is 1.07 bits per heavy atom. The average molecular weight is 607 g/mol. The van der Waals surface area contributed by atoms with Crippen molar-refractivity contribution in [2.24, 2.45) is 5.92 Å². The number of allylic oxidation sites excluding steroid dienone is 6. The van der Waals surface area contributed by atoms with Crippen LogP contribution in [0.4, 0.5) is 0 Å². The minimum Gasteiger partial charge on any atom is -0.463 e. The second-order valence-electron chi connectivity index (χ2n) is 11.8. The number of rotatable bonds is 28. The second-order valence-corrected chi connectivity index (χ2v) is 11.8. The number of esters is 2. The van der Waals surface area contributed by atoms with Gasteiger partial charge in [0.25, 0.3) is 0 Å². The Labute approximate surface area is 262 Å². The third kappa shape index (κ3) is 31.0. The molecule has 0 aromatic carbocycles. The summed E-state index contributed by atoms with van der Waals surface area (Å²) in [6.07, 6.45) is 28.2. The highest BCUT2D eigenvalue weighted by molar-refractivity contribution is 5.69. The van der Waals surface area contributed by atoms with Gasteiger partial charge in [-0.25, -0.2) is 0 Å². The lowest BCUT2D eigenvalue weighted by molar-refractivity contribution is -0.152. The Hall–Kier alpha value is -2.22. The number of aliphatic hydroxyl groups excluding tert-OH is 3. The molecule has 0 fully saturated rings. The fraction of sp³-hybridized carbons (Fsp3) is 0.722. The van der Waals surface area contributed by atoms with E-state index < -0.39 is 18.2 Å². The van der Waals surface area contributed by atoms with Crippen LogP contribution >= 0.6 is 0 Å². The van der Waals surface area contributed by atoms with Crippen LogP contribution in [-0.4, -0.2) is 58.8 Å². The summed E-state index contributed by atoms with van der Waals surface area (Å²) in [5.74, 6) is -0.0179. The van der Waals surface area contributed by atoms with Gasteiger partial charge in [0.2, 0.25) is 0 Å². The summed E-state index contributed by atoms with van der Waals surface area (Å²) < 4.78 is 10.1. The minimum absolute atomic E-state index is 0.136. The molecule has 0 amide bonds. The highest BCUT2D eigenvalue weighted by Gasteiger charge is 2.12. The number of ether oxygens (including phenoxy) is 2. The fourth-order valence-electron chi connectivity index (χ4n) is 4.31. The van der Waals surface area contributed by atoms with Gasteiger partial charge in [-0.05, 0) is 38.0 Å². The smallest absolute Gasteiger partial charge is 0.305 e. The van der Waals surface area contributed by atoms with E-state index in [1.807, 2.05) is 30.4 Å². The Balaban J connectivity index is 3.77. The molecule has 0 aliphatic heterocycles. The molecule has 43 heavy (non-hydrogen) atoms. The van der Waals surface area contributed by atoms with Crippen LogP contribution in [0.3, 0.4) is 0 Å². The molecule has 0 bridgehead atoms. The SMILES string of the molecule is CCCCC[C@H](O)/C=C/C=C\C/C=C\C=C\[C@H](O)CCCC(=O)OC[C@H](O)COC(=O)CCCCCCCCCC(C)C. The zero-order chi connectivity index (χ0) is 32.0. The zero-order valence-corrected chi connectivity index (χ0v) is 27.3. The number of carbonyl (C=O) groups is 2. The fourth-order valence-corrected chi connectivity index (χ4v) is 4.31. The third-order valence-corrected chi connectivity index (χ3v) is 6.95. The minimum atomic E-state index is -1.05. The molecule has 0 aromatic heterocycles. The van der Waals surface area contributed by atoms with Gasteiger partial charge < -0.3 is 24.8 Å². The lowest BCUT2D eigenvalue weighted by Crippen LogP contribution is -2.25. The number of hydrogen-bond donors (Lipinski definition) is 3. The monoisotopic (exact) mass is 606 g/mol. The van der Waals surface area contributed by atoms with E-state index in [1.54, 1.807) is 18.2 Å². The van der Waals surface area contributed by atoms with Gasteiger partial charge in [-0.15, -0.1) is 0 Å². The maximum atomic E-state index is 11.9. The maximum Gasteiger partial charge on any atom is 0.305 e. The van der Waals surface area contributed by atoms with Crippen LogP contribution in [0, 0.1) is 5.92 Å². The average Bonchev–Trinajstić information content (AvgIpc) is 2.97. The Morgan fingerprint density at radius 1 is 0.605 bits per heavy atom. The van der Waals surface area contributed by atoms with Crippen molar-refractivity contribution >= 4 is 11.9 Å². The topological polar surface area (TPSA) is 113 Å². The molecule has 0 aliphatic carbocycles. The van der Waals surface area contributed by atoms with Crippen molar-refractivity contribution in [1.82, 2.24) is 0 Å². The van der Waals surface area contributed by atoms with Gasteiger partial charge in [-0.3, -0.25) is 9.59 Å². The van der Waals surface area contributed by atoms with Crippen LogP contribution in [-0.2, 0) is 19.1 Å². The van der Waals surface area contributed by atoms with Gasteiger partial charge in [0.05, 0.1) is 12.2 Å². The van der Waals surface area contributed by atoms with Crippen molar-refractivity contribution in [1.29, 1.82) is 0 Å². The standard InChI is InChI=1S/C36H62O7/c1-4-5-16-23-32(37)24-18-13-9-7-10-14-19-25-33(38)26-21-28-36(41)43-30-34(39)29-42-35(40)27-20-15-11-6-8-12-17-22-31(2)3/h9-10,13-14,18-19,24-25,31-34,37-39H,4-8,11-12,15-17,20-23,26-30H2,1-3H3/b13-9-,14-10-,24-18+,25-19+/t32-,33-,34+/m0/s1. The predicted octanol–water partition coefficient (Wildman–Crippen LogP) is 7.69. The van der Waals surface area contributed by atoms with Crippen LogP contribution in [0.25, 0.3) is 0 Å². The molecule has 0 saturated carbocycles. The Bertz CT molecular complexity index is 784. The molecular formula is C36H62O7. The van der Waals surface area contributed by atoms with Crippen LogP contribution in [0.5, 0.6) is 0 Å². The van der Waals surface area contributed by atoms with E-state index in [0.717, 1.165) is 57.3 Å². The van der Waals surface area contributed by atoms with Crippen molar-refractivity contribution in [3.63, 3.8) is 0 Å². The maximum absolute atomic E-state index is 11.9. The van der Waals surface area contributed by atoms with Crippen molar-refractivity contribution in [3.05, 3.63) is 48.6 Å². The second kappa shape index (κ2) is 29.8. The van der Waals surface area contributed by atoms with E-state index in [-0.39, 0.29) is 31.7 Å². The molecule has 3 atom stereocenters. The summed E-state index contributed by atoms with van der Waals surface area (Å²) in [5, 5.41) is 29.8. The quantitative estimate of drug-likeness (QED) is 0.0475. The molecule has 7 nitrogen and oxygen atoms in total. The third-order valence-electron chi connectivity index (χ3n) is 6.95. The molecule has 248 valence electrons. The molecule has 0 spiro atoms. The molecule has 0 unspecified atom stereocenters. The largest absolute Gasteiger partial charge is 0.463 e. The number of aliphatic hydroxyl groups is 3. The Morgan fingerprint density at radius 3 is 1.60 bits per heavy atom. The molecule has 0 heterocycles. The lowest BCUT2D eigenvalue weighted by atomic mass is 10.0. The van der Waals surface area contributed by atoms with E-state index in [4.69, 9.17) is 9.47 Å². The van der Waals surface area contributed by atoms with Crippen molar-refractivity contribution in [2.75, 3.05) is 13.2 Å². The predicted molar refractivity (Wildman–Crippen MR) is 175 cm³/mol. The highest BCUT2D eigenvalue weighted by Crippen LogP contribution is 2.13. The van der Waals surface area contributed by atoms with Crippen LogP contribution in [0.2, 0.25) is 0 Å². The van der Waals surface area contributed by atoms with Crippen LogP contribution in [0.15, 0.2) is 48.6 Å². The van der Waals surface area contributed by atoms with E-state index in [1.165, 1.54) is 32.1 Å². The van der Waals surface area contributed by atoms with Crippen LogP contribution < -0.4 is 0 Å². The normalized spacial score (nSPS) is 14.4. The molecule has 0 radical (unpaired) electrons. The summed E-state index contributed by atoms with van der Waals surface area (Å²) in [6, 6.07) is 0. The van der Waals surface area contributed by atoms with Gasteiger partial charge in [0.15, 0.2) is 0 Å². The van der Waals surface area contributed by atoms with Crippen LogP contribution in [0.1, 0.15) is 130 Å². The van der Waals surface area contributed by atoms with Gasteiger partial charge in [0.1, 0.15) is 19.3 Å². The molecule has 3 N–H and O–H groups in total. The highest BCUT2D eigenvalue weighted by atomic mass is 16.6. The van der Waals surface area contributed by atoms with E-state index in [9.17, 15) is 24.9 Å². The zero-order valence-electron chi connectivity index (χ0n) is 27.3. The molecule has 0 rings (SSSR count). The first-order valence-corrected chi connectivity index (χ1v) is 16.8. The lowest BCUT2D eigenvalue weighted by Gasteiger charge is -2.12. The molecule has 7 heteroatoms. The Kier molecular flexibility index (Phi) is 28.3. The summed E-state index contributed by atoms with van der Waals surface area (Å²) >= 11 is 0. The summed E-state index contributed by atoms with van der Waals surface area (Å²) in [4.78, 5) is 23.8. The number of hydrogen-bond acceptors (Lipinski definition) is 7. The molecule has 0 saturated heterocycles. The number of unbranched alkanes of at least 4 members (excludes halogenated alkanes) is 8. The van der Waals surface area contributed by atoms with E-state index in [0.29, 0.717) is 19.3 Å². The molecule has 0 aromatic rings. The van der Waals surface area contributed by atoms with E-state index >= 15 is 0 Å². The van der Waals surface area contributed by atoms with Gasteiger partial charge in [-0.1, -0.05) is 134 Å². The summed E-state index contributed by atoms with van der Waals surface area (Å²) in [6.45, 7) is 6.25. The van der Waals surface area contributed by atoms with Gasteiger partial charge >= 0.3 is 11.9 Å². The van der Waals surface area contributed by atoms with Crippen molar-refractivity contribution in [2.45, 2.75) is 148 Å². The number of carbonyl (C=O) groups excluding carboxylic acids is 2. The first kappa shape index (κ1) is 40.8. The molecule has 0 aliphatic rings. The van der Waals surface area contributed by atoms with Crippen molar-refractivity contribution in [3.8, 4) is 0 Å². The first-order valence-electron chi connectivity index (χ1n) is 16.8. The summed E-state index contributed by atoms with van der Waals surface area (Å²) in [5.41, 5.74) is 0. The molecular weight excluding hydrogens is 544 g/mol. The van der Waals surface area contributed by atoms with Gasteiger partial charge in [0, 0.05) is 12.8 Å². The van der Waals surface area contributed by atoms with Gasteiger partial charge in [-0.2, -0.15) is 0 Å². The van der Waals surface area contributed by atoms with Crippen molar-refractivity contribution < 1.29 is 34.4 Å². The first-order chi connectivity index (χ1) is 20.7.